The van der Waals surface area contributed by atoms with Crippen LogP contribution in [-0.4, -0.2) is 67.8 Å². The molecular weight excluding hydrogens is 355 g/mol. The number of aliphatic hydroxyl groups is 2. The van der Waals surface area contributed by atoms with Gasteiger partial charge in [0.15, 0.2) is 6.29 Å². The zero-order valence-electron chi connectivity index (χ0n) is 14.4. The lowest BCUT2D eigenvalue weighted by atomic mass is 9.78. The first kappa shape index (κ1) is 17.8. The number of ether oxygens (including phenoxy) is 1. The van der Waals surface area contributed by atoms with Crippen molar-refractivity contribution in [1.82, 2.24) is 20.3 Å². The summed E-state index contributed by atoms with van der Waals surface area (Å²) in [5, 5.41) is 39.2. The highest BCUT2D eigenvalue weighted by atomic mass is 16.5. The highest BCUT2D eigenvalue weighted by molar-refractivity contribution is 6.44. The van der Waals surface area contributed by atoms with Crippen LogP contribution < -0.4 is 9.39 Å². The van der Waals surface area contributed by atoms with E-state index in [1.165, 1.54) is 6.20 Å². The molecule has 0 saturated carbocycles. The third kappa shape index (κ3) is 3.61. The summed E-state index contributed by atoms with van der Waals surface area (Å²) in [6, 6.07) is 3.45. The molecule has 1 fully saturated rings. The molecule has 1 saturated heterocycles. The number of benzene rings is 1. The minimum Gasteiger partial charge on any atom is -0.535 e. The average Bonchev–Trinajstić information content (AvgIpc) is 3.09. The number of carbonyl (C=O) groups excluding carboxylic acids is 1. The van der Waals surface area contributed by atoms with E-state index in [1.807, 2.05) is 0 Å². The number of nitrogens with one attached hydrogen (secondary N) is 1. The summed E-state index contributed by atoms with van der Waals surface area (Å²) in [5.74, 6) is 0.439. The molecule has 0 spiro atoms. The molecule has 3 heterocycles. The summed E-state index contributed by atoms with van der Waals surface area (Å²) in [7, 11) is -0.987. The fourth-order valence-electron chi connectivity index (χ4n) is 3.26. The Labute approximate surface area is 154 Å². The van der Waals surface area contributed by atoms with Crippen molar-refractivity contribution >= 4 is 13.0 Å². The van der Waals surface area contributed by atoms with Crippen molar-refractivity contribution < 1.29 is 29.4 Å². The fraction of sp³-hybridized carbons (Fsp3) is 0.438. The molecular formula is C16H19BN4O6. The Morgan fingerprint density at radius 3 is 2.96 bits per heavy atom. The lowest BCUT2D eigenvalue weighted by Crippen LogP contribution is -2.56. The third-order valence-corrected chi connectivity index (χ3v) is 4.70. The molecule has 2 aliphatic rings. The zero-order chi connectivity index (χ0) is 19.0. The summed E-state index contributed by atoms with van der Waals surface area (Å²) in [5.41, 5.74) is 1.45. The van der Waals surface area contributed by atoms with Gasteiger partial charge in [-0.1, -0.05) is 6.07 Å². The quantitative estimate of drug-likeness (QED) is 0.387. The molecule has 4 N–H and O–H groups in total. The zero-order valence-corrected chi connectivity index (χ0v) is 14.4. The van der Waals surface area contributed by atoms with E-state index in [4.69, 9.17) is 9.39 Å². The van der Waals surface area contributed by atoms with Crippen LogP contribution in [0, 0.1) is 0 Å². The van der Waals surface area contributed by atoms with E-state index >= 15 is 0 Å². The van der Waals surface area contributed by atoms with Crippen molar-refractivity contribution in [3.05, 3.63) is 35.2 Å². The summed E-state index contributed by atoms with van der Waals surface area (Å²) in [4.78, 5) is 13.8. The van der Waals surface area contributed by atoms with E-state index in [0.29, 0.717) is 31.5 Å². The topological polar surface area (TPSA) is 141 Å². The molecule has 27 heavy (non-hydrogen) atoms. The SMILES string of the molecule is O=C(Cc1cn[nH]n1)N1CC(Oc2ccc3c(c2C(O)O)OB(O)CC3)C1. The first-order valence-electron chi connectivity index (χ1n) is 8.67. The van der Waals surface area contributed by atoms with Gasteiger partial charge in [-0.3, -0.25) is 4.79 Å². The maximum Gasteiger partial charge on any atom is 0.522 e. The minimum atomic E-state index is -1.80. The van der Waals surface area contributed by atoms with E-state index in [9.17, 15) is 20.0 Å². The molecule has 142 valence electrons. The van der Waals surface area contributed by atoms with Gasteiger partial charge in [0.25, 0.3) is 0 Å². The summed E-state index contributed by atoms with van der Waals surface area (Å²) in [6.45, 7) is 0.774. The largest absolute Gasteiger partial charge is 0.535 e. The van der Waals surface area contributed by atoms with Crippen LogP contribution in [0.25, 0.3) is 0 Å². The van der Waals surface area contributed by atoms with Gasteiger partial charge in [0, 0.05) is 0 Å². The average molecular weight is 374 g/mol. The molecule has 2 aromatic rings. The van der Waals surface area contributed by atoms with Crippen molar-refractivity contribution in [2.75, 3.05) is 13.1 Å². The molecule has 0 radical (unpaired) electrons. The van der Waals surface area contributed by atoms with Gasteiger partial charge < -0.3 is 29.5 Å². The Balaban J connectivity index is 1.42. The Kier molecular flexibility index (Phi) is 4.73. The second-order valence-corrected chi connectivity index (χ2v) is 6.63. The standard InChI is InChI=1S/C16H19BN4O6/c22-13(5-10-6-18-20-19-10)21-7-11(8-21)26-12-2-1-9-3-4-17(25)27-15(9)14(12)16(23)24/h1-2,6,11,16,23-25H,3-5,7-8H2,(H,18,19,20). The van der Waals surface area contributed by atoms with Crippen LogP contribution in [0.1, 0.15) is 23.1 Å². The number of aryl methyl sites for hydroxylation is 1. The van der Waals surface area contributed by atoms with E-state index in [2.05, 4.69) is 15.4 Å². The van der Waals surface area contributed by atoms with Gasteiger partial charge in [0.1, 0.15) is 17.6 Å². The van der Waals surface area contributed by atoms with Gasteiger partial charge in [0.2, 0.25) is 5.91 Å². The van der Waals surface area contributed by atoms with Gasteiger partial charge in [0.05, 0.1) is 37.0 Å². The van der Waals surface area contributed by atoms with Crippen molar-refractivity contribution in [3.63, 3.8) is 0 Å². The Hall–Kier alpha value is -2.63. The van der Waals surface area contributed by atoms with Gasteiger partial charge in [-0.15, -0.1) is 0 Å². The molecule has 1 aromatic carbocycles. The van der Waals surface area contributed by atoms with Gasteiger partial charge in [-0.2, -0.15) is 15.4 Å². The third-order valence-electron chi connectivity index (χ3n) is 4.70. The molecule has 11 heteroatoms. The molecule has 1 amide bonds. The number of carbonyl (C=O) groups is 1. The highest BCUT2D eigenvalue weighted by Crippen LogP contribution is 2.40. The van der Waals surface area contributed by atoms with Gasteiger partial charge in [-0.05, 0) is 24.4 Å². The second kappa shape index (κ2) is 7.18. The van der Waals surface area contributed by atoms with Crippen LogP contribution >= 0.6 is 0 Å². The van der Waals surface area contributed by atoms with Crippen LogP contribution in [0.15, 0.2) is 18.3 Å². The van der Waals surface area contributed by atoms with Crippen LogP contribution in [0.3, 0.4) is 0 Å². The smallest absolute Gasteiger partial charge is 0.522 e. The van der Waals surface area contributed by atoms with E-state index in [0.717, 1.165) is 5.56 Å². The number of aromatic amines is 1. The number of amides is 1. The number of aliphatic hydroxyl groups excluding tert-OH is 1. The molecule has 0 atom stereocenters. The summed E-state index contributed by atoms with van der Waals surface area (Å²) in [6.07, 6.45) is 0.612. The molecule has 0 aliphatic carbocycles. The maximum absolute atomic E-state index is 12.2. The first-order chi connectivity index (χ1) is 13.0. The molecule has 2 aliphatic heterocycles. The van der Waals surface area contributed by atoms with Crippen molar-refractivity contribution in [2.24, 2.45) is 0 Å². The first-order valence-corrected chi connectivity index (χ1v) is 8.67. The Morgan fingerprint density at radius 1 is 1.44 bits per heavy atom. The number of hydrogen-bond acceptors (Lipinski definition) is 8. The fourth-order valence-corrected chi connectivity index (χ4v) is 3.26. The minimum absolute atomic E-state index is 0.0805. The van der Waals surface area contributed by atoms with Crippen molar-refractivity contribution in [2.45, 2.75) is 31.6 Å². The molecule has 1 aromatic heterocycles. The Morgan fingerprint density at radius 2 is 2.26 bits per heavy atom. The Bertz CT molecular complexity index is 825. The monoisotopic (exact) mass is 374 g/mol. The number of fused-ring (bicyclic) bond motifs is 1. The number of nitrogens with zero attached hydrogens (tertiary/aromatic N) is 3. The van der Waals surface area contributed by atoms with E-state index in [-0.39, 0.29) is 35.5 Å². The lowest BCUT2D eigenvalue weighted by Gasteiger charge is -2.39. The second-order valence-electron chi connectivity index (χ2n) is 6.63. The maximum atomic E-state index is 12.2. The van der Waals surface area contributed by atoms with E-state index < -0.39 is 13.4 Å². The van der Waals surface area contributed by atoms with Crippen molar-refractivity contribution in [1.29, 1.82) is 0 Å². The number of aromatic nitrogens is 3. The van der Waals surface area contributed by atoms with Crippen LogP contribution in [-0.2, 0) is 17.6 Å². The predicted molar refractivity (Wildman–Crippen MR) is 91.8 cm³/mol. The van der Waals surface area contributed by atoms with Crippen LogP contribution in [0.2, 0.25) is 6.32 Å². The number of rotatable bonds is 5. The number of likely N-dealkylation sites (tertiary alicyclic amines) is 1. The summed E-state index contributed by atoms with van der Waals surface area (Å²) >= 11 is 0. The highest BCUT2D eigenvalue weighted by Gasteiger charge is 2.35. The lowest BCUT2D eigenvalue weighted by molar-refractivity contribution is -0.139. The molecule has 0 bridgehead atoms. The van der Waals surface area contributed by atoms with Gasteiger partial charge >= 0.3 is 7.12 Å². The molecule has 10 nitrogen and oxygen atoms in total. The van der Waals surface area contributed by atoms with Crippen LogP contribution in [0.5, 0.6) is 11.5 Å². The number of hydrogen-bond donors (Lipinski definition) is 4. The summed E-state index contributed by atoms with van der Waals surface area (Å²) < 4.78 is 11.2. The van der Waals surface area contributed by atoms with Crippen LogP contribution in [0.4, 0.5) is 0 Å². The van der Waals surface area contributed by atoms with E-state index in [1.54, 1.807) is 17.0 Å². The number of H-pyrrole nitrogens is 1. The molecule has 0 unspecified atom stereocenters. The van der Waals surface area contributed by atoms with Crippen molar-refractivity contribution in [3.8, 4) is 11.5 Å². The predicted octanol–water partition coefficient (Wildman–Crippen LogP) is -0.964. The van der Waals surface area contributed by atoms with Gasteiger partial charge in [-0.25, -0.2) is 0 Å². The molecule has 4 rings (SSSR count). The normalized spacial score (nSPS) is 16.7.